The maximum atomic E-state index is 3.35. The van der Waals surface area contributed by atoms with E-state index < -0.39 is 0 Å². The standard InChI is InChI=1S/C19H25N/c1-14-9-10-15(2)17(11-14)12-18(13-20-4)19-8-6-5-7-16(19)3/h5-11,18,20H,12-13H2,1-4H3. The predicted molar refractivity (Wildman–Crippen MR) is 87.5 cm³/mol. The van der Waals surface area contributed by atoms with E-state index >= 15 is 0 Å². The van der Waals surface area contributed by atoms with Gasteiger partial charge in [-0.15, -0.1) is 0 Å². The molecule has 0 bridgehead atoms. The fourth-order valence-electron chi connectivity index (χ4n) is 2.87. The van der Waals surface area contributed by atoms with Crippen molar-refractivity contribution in [2.75, 3.05) is 13.6 Å². The van der Waals surface area contributed by atoms with E-state index in [-0.39, 0.29) is 0 Å². The van der Waals surface area contributed by atoms with Crippen LogP contribution in [0.5, 0.6) is 0 Å². The minimum Gasteiger partial charge on any atom is -0.319 e. The lowest BCUT2D eigenvalue weighted by atomic mass is 9.87. The van der Waals surface area contributed by atoms with Gasteiger partial charge in [0.1, 0.15) is 0 Å². The number of likely N-dealkylation sites (N-methyl/N-ethyl adjacent to an activating group) is 1. The quantitative estimate of drug-likeness (QED) is 0.858. The second-order valence-electron chi connectivity index (χ2n) is 5.75. The zero-order valence-electron chi connectivity index (χ0n) is 13.0. The molecule has 20 heavy (non-hydrogen) atoms. The minimum atomic E-state index is 0.529. The predicted octanol–water partition coefficient (Wildman–Crippen LogP) is 4.16. The molecule has 1 nitrogen and oxygen atoms in total. The third-order valence-corrected chi connectivity index (χ3v) is 4.05. The van der Waals surface area contributed by atoms with Gasteiger partial charge in [0.25, 0.3) is 0 Å². The Morgan fingerprint density at radius 1 is 0.950 bits per heavy atom. The summed E-state index contributed by atoms with van der Waals surface area (Å²) in [5.74, 6) is 0.529. The summed E-state index contributed by atoms with van der Waals surface area (Å²) in [6.07, 6.45) is 1.10. The van der Waals surface area contributed by atoms with E-state index in [4.69, 9.17) is 0 Å². The fourth-order valence-corrected chi connectivity index (χ4v) is 2.87. The van der Waals surface area contributed by atoms with E-state index in [1.807, 2.05) is 7.05 Å². The smallest absolute Gasteiger partial charge is 0.00204 e. The van der Waals surface area contributed by atoms with Crippen molar-refractivity contribution in [3.63, 3.8) is 0 Å². The zero-order chi connectivity index (χ0) is 14.5. The molecule has 0 amide bonds. The third kappa shape index (κ3) is 3.49. The second-order valence-corrected chi connectivity index (χ2v) is 5.75. The summed E-state index contributed by atoms with van der Waals surface area (Å²) in [6.45, 7) is 7.60. The molecule has 0 heterocycles. The van der Waals surface area contributed by atoms with E-state index in [2.05, 4.69) is 68.6 Å². The zero-order valence-corrected chi connectivity index (χ0v) is 13.0. The molecule has 0 aliphatic carbocycles. The van der Waals surface area contributed by atoms with Crippen molar-refractivity contribution in [1.29, 1.82) is 0 Å². The van der Waals surface area contributed by atoms with Crippen LogP contribution < -0.4 is 5.32 Å². The Morgan fingerprint density at radius 3 is 2.40 bits per heavy atom. The molecule has 0 aromatic heterocycles. The molecule has 0 radical (unpaired) electrons. The molecule has 0 fully saturated rings. The maximum Gasteiger partial charge on any atom is 0.00204 e. The molecule has 0 saturated carbocycles. The molecule has 2 aromatic carbocycles. The van der Waals surface area contributed by atoms with Crippen molar-refractivity contribution in [2.24, 2.45) is 0 Å². The molecular weight excluding hydrogens is 242 g/mol. The molecule has 1 heteroatoms. The van der Waals surface area contributed by atoms with Crippen LogP contribution in [-0.2, 0) is 6.42 Å². The van der Waals surface area contributed by atoms with Gasteiger partial charge in [-0.2, -0.15) is 0 Å². The van der Waals surface area contributed by atoms with Crippen LogP contribution in [-0.4, -0.2) is 13.6 Å². The molecule has 106 valence electrons. The Balaban J connectivity index is 2.30. The first-order valence-corrected chi connectivity index (χ1v) is 7.38. The lowest BCUT2D eigenvalue weighted by Crippen LogP contribution is -2.20. The lowest BCUT2D eigenvalue weighted by molar-refractivity contribution is 0.621. The summed E-state index contributed by atoms with van der Waals surface area (Å²) in [6, 6.07) is 15.5. The van der Waals surface area contributed by atoms with Crippen LogP contribution >= 0.6 is 0 Å². The Labute approximate surface area is 123 Å². The van der Waals surface area contributed by atoms with E-state index in [1.54, 1.807) is 0 Å². The number of hydrogen-bond donors (Lipinski definition) is 1. The summed E-state index contributed by atoms with van der Waals surface area (Å²) in [4.78, 5) is 0. The third-order valence-electron chi connectivity index (χ3n) is 4.05. The van der Waals surface area contributed by atoms with E-state index in [9.17, 15) is 0 Å². The van der Waals surface area contributed by atoms with Gasteiger partial charge >= 0.3 is 0 Å². The molecule has 0 aliphatic rings. The number of aryl methyl sites for hydroxylation is 3. The van der Waals surface area contributed by atoms with Gasteiger partial charge in [0.15, 0.2) is 0 Å². The van der Waals surface area contributed by atoms with Crippen LogP contribution in [0.1, 0.15) is 33.7 Å². The summed E-state index contributed by atoms with van der Waals surface area (Å²) in [5.41, 5.74) is 7.05. The van der Waals surface area contributed by atoms with Crippen molar-refractivity contribution in [3.05, 3.63) is 70.3 Å². The van der Waals surface area contributed by atoms with Crippen LogP contribution in [0.2, 0.25) is 0 Å². The summed E-state index contributed by atoms with van der Waals surface area (Å²) >= 11 is 0. The number of benzene rings is 2. The maximum absolute atomic E-state index is 3.35. The van der Waals surface area contributed by atoms with E-state index in [0.29, 0.717) is 5.92 Å². The van der Waals surface area contributed by atoms with Crippen molar-refractivity contribution in [2.45, 2.75) is 33.1 Å². The fraction of sp³-hybridized carbons (Fsp3) is 0.368. The molecular formula is C19H25N. The Hall–Kier alpha value is -1.60. The van der Waals surface area contributed by atoms with Crippen LogP contribution in [0.25, 0.3) is 0 Å². The summed E-state index contributed by atoms with van der Waals surface area (Å²) < 4.78 is 0. The van der Waals surface area contributed by atoms with Gasteiger partial charge in [-0.1, -0.05) is 48.0 Å². The van der Waals surface area contributed by atoms with Gasteiger partial charge in [0.2, 0.25) is 0 Å². The SMILES string of the molecule is CNCC(Cc1cc(C)ccc1C)c1ccccc1C. The molecule has 1 N–H and O–H groups in total. The molecule has 1 unspecified atom stereocenters. The van der Waals surface area contributed by atoms with Gasteiger partial charge in [0, 0.05) is 12.5 Å². The highest BCUT2D eigenvalue weighted by molar-refractivity contribution is 5.35. The monoisotopic (exact) mass is 267 g/mol. The summed E-state index contributed by atoms with van der Waals surface area (Å²) in [7, 11) is 2.04. The first-order valence-electron chi connectivity index (χ1n) is 7.38. The van der Waals surface area contributed by atoms with Crippen molar-refractivity contribution in [3.8, 4) is 0 Å². The highest BCUT2D eigenvalue weighted by atomic mass is 14.8. The highest BCUT2D eigenvalue weighted by Crippen LogP contribution is 2.25. The van der Waals surface area contributed by atoms with Crippen molar-refractivity contribution < 1.29 is 0 Å². The molecule has 2 aromatic rings. The molecule has 2 rings (SSSR count). The van der Waals surface area contributed by atoms with E-state index in [0.717, 1.165) is 13.0 Å². The van der Waals surface area contributed by atoms with Gasteiger partial charge in [-0.3, -0.25) is 0 Å². The first kappa shape index (κ1) is 14.8. The molecule has 1 atom stereocenters. The number of hydrogen-bond acceptors (Lipinski definition) is 1. The summed E-state index contributed by atoms with van der Waals surface area (Å²) in [5, 5.41) is 3.35. The molecule has 0 aliphatic heterocycles. The Kier molecular flexibility index (Phi) is 4.97. The normalized spacial score (nSPS) is 12.4. The number of rotatable bonds is 5. The van der Waals surface area contributed by atoms with Gasteiger partial charge in [-0.05, 0) is 56.5 Å². The number of nitrogens with one attached hydrogen (secondary N) is 1. The van der Waals surface area contributed by atoms with Gasteiger partial charge < -0.3 is 5.32 Å². The Morgan fingerprint density at radius 2 is 1.70 bits per heavy atom. The van der Waals surface area contributed by atoms with Crippen LogP contribution in [0.15, 0.2) is 42.5 Å². The van der Waals surface area contributed by atoms with Crippen LogP contribution in [0.4, 0.5) is 0 Å². The van der Waals surface area contributed by atoms with Crippen LogP contribution in [0, 0.1) is 20.8 Å². The minimum absolute atomic E-state index is 0.529. The molecule has 0 saturated heterocycles. The van der Waals surface area contributed by atoms with Gasteiger partial charge in [0.05, 0.1) is 0 Å². The largest absolute Gasteiger partial charge is 0.319 e. The highest BCUT2D eigenvalue weighted by Gasteiger charge is 2.14. The average Bonchev–Trinajstić information content (AvgIpc) is 2.43. The topological polar surface area (TPSA) is 12.0 Å². The van der Waals surface area contributed by atoms with Crippen LogP contribution in [0.3, 0.4) is 0 Å². The van der Waals surface area contributed by atoms with Crippen molar-refractivity contribution in [1.82, 2.24) is 5.32 Å². The lowest BCUT2D eigenvalue weighted by Gasteiger charge is -2.20. The molecule has 0 spiro atoms. The average molecular weight is 267 g/mol. The second kappa shape index (κ2) is 6.71. The van der Waals surface area contributed by atoms with Crippen molar-refractivity contribution >= 4 is 0 Å². The van der Waals surface area contributed by atoms with E-state index in [1.165, 1.54) is 27.8 Å². The Bertz CT molecular complexity index is 572. The first-order chi connectivity index (χ1) is 9.61. The van der Waals surface area contributed by atoms with Gasteiger partial charge in [-0.25, -0.2) is 0 Å².